The smallest absolute Gasteiger partial charge is 0.259 e. The minimum Gasteiger partial charge on any atom is -0.489 e. The Morgan fingerprint density at radius 1 is 0.854 bits per heavy atom. The van der Waals surface area contributed by atoms with Crippen LogP contribution >= 0.6 is 34.8 Å². The second kappa shape index (κ2) is 12.9. The largest absolute Gasteiger partial charge is 0.489 e. The SMILES string of the molecule is CN1CCC(Oc2cc(N3CCCC3)ccc2C(=O)Nc2ccc(F)cc2C(=O)Nc2c(Cl)cc(Cl)cc2Cl)CC1. The highest BCUT2D eigenvalue weighted by atomic mass is 35.5. The Kier molecular flexibility index (Phi) is 9.24. The minimum atomic E-state index is -0.710. The van der Waals surface area contributed by atoms with Crippen LogP contribution in [0.2, 0.25) is 15.1 Å². The molecule has 3 aromatic rings. The van der Waals surface area contributed by atoms with Gasteiger partial charge >= 0.3 is 0 Å². The quantitative estimate of drug-likeness (QED) is 0.289. The van der Waals surface area contributed by atoms with E-state index in [2.05, 4.69) is 27.5 Å². The highest BCUT2D eigenvalue weighted by Gasteiger charge is 2.24. The van der Waals surface area contributed by atoms with E-state index in [-0.39, 0.29) is 33.1 Å². The van der Waals surface area contributed by atoms with Gasteiger partial charge in [-0.1, -0.05) is 34.8 Å². The summed E-state index contributed by atoms with van der Waals surface area (Å²) in [6, 6.07) is 12.0. The van der Waals surface area contributed by atoms with Gasteiger partial charge in [-0.15, -0.1) is 0 Å². The van der Waals surface area contributed by atoms with Gasteiger partial charge in [0.15, 0.2) is 0 Å². The summed E-state index contributed by atoms with van der Waals surface area (Å²) in [5, 5.41) is 5.91. The van der Waals surface area contributed by atoms with E-state index >= 15 is 0 Å². The fraction of sp³-hybridized carbons (Fsp3) is 0.333. The Balaban J connectivity index is 1.41. The molecule has 41 heavy (non-hydrogen) atoms. The van der Waals surface area contributed by atoms with E-state index in [9.17, 15) is 14.0 Å². The Hall–Kier alpha value is -3.04. The summed E-state index contributed by atoms with van der Waals surface area (Å²) >= 11 is 18.4. The number of likely N-dealkylation sites (tertiary alicyclic amines) is 1. The second-order valence-corrected chi connectivity index (χ2v) is 11.6. The van der Waals surface area contributed by atoms with Crippen LogP contribution in [-0.2, 0) is 0 Å². The summed E-state index contributed by atoms with van der Waals surface area (Å²) in [5.74, 6) is -1.36. The first-order valence-corrected chi connectivity index (χ1v) is 14.6. The summed E-state index contributed by atoms with van der Waals surface area (Å²) in [5.41, 5.74) is 1.46. The molecule has 0 unspecified atom stereocenters. The van der Waals surface area contributed by atoms with E-state index in [0.717, 1.165) is 63.6 Å². The van der Waals surface area contributed by atoms with E-state index in [1.165, 1.54) is 24.3 Å². The van der Waals surface area contributed by atoms with Crippen molar-refractivity contribution in [1.29, 1.82) is 0 Å². The summed E-state index contributed by atoms with van der Waals surface area (Å²) in [7, 11) is 2.08. The number of halogens is 4. The minimum absolute atomic E-state index is 0.0207. The van der Waals surface area contributed by atoms with Crippen molar-refractivity contribution in [3.05, 3.63) is 80.5 Å². The molecule has 0 aliphatic carbocycles. The van der Waals surface area contributed by atoms with Crippen LogP contribution in [0.15, 0.2) is 48.5 Å². The van der Waals surface area contributed by atoms with Gasteiger partial charge in [0.1, 0.15) is 17.7 Å². The molecule has 11 heteroatoms. The van der Waals surface area contributed by atoms with Crippen molar-refractivity contribution in [3.63, 3.8) is 0 Å². The Morgan fingerprint density at radius 3 is 2.20 bits per heavy atom. The van der Waals surface area contributed by atoms with Gasteiger partial charge in [-0.05, 0) is 75.2 Å². The number of hydrogen-bond acceptors (Lipinski definition) is 5. The van der Waals surface area contributed by atoms with Crippen LogP contribution in [0.5, 0.6) is 5.75 Å². The fourth-order valence-corrected chi connectivity index (χ4v) is 6.01. The highest BCUT2D eigenvalue weighted by Crippen LogP contribution is 2.35. The Bertz CT molecular complexity index is 1430. The Morgan fingerprint density at radius 2 is 1.51 bits per heavy atom. The van der Waals surface area contributed by atoms with Crippen LogP contribution in [0.3, 0.4) is 0 Å². The topological polar surface area (TPSA) is 73.9 Å². The first kappa shape index (κ1) is 29.5. The molecule has 0 radical (unpaired) electrons. The van der Waals surface area contributed by atoms with E-state index in [1.807, 2.05) is 12.1 Å². The number of piperidine rings is 1. The summed E-state index contributed by atoms with van der Waals surface area (Å²) < 4.78 is 20.7. The molecule has 2 heterocycles. The molecular weight excluding hydrogens is 590 g/mol. The molecule has 2 N–H and O–H groups in total. The van der Waals surface area contributed by atoms with E-state index in [1.54, 1.807) is 6.07 Å². The average molecular weight is 620 g/mol. The van der Waals surface area contributed by atoms with Crippen molar-refractivity contribution >= 4 is 63.7 Å². The summed E-state index contributed by atoms with van der Waals surface area (Å²) in [6.07, 6.45) is 3.92. The molecule has 2 aliphatic rings. The predicted octanol–water partition coefficient (Wildman–Crippen LogP) is 7.36. The molecule has 2 aliphatic heterocycles. The van der Waals surface area contributed by atoms with Crippen molar-refractivity contribution in [3.8, 4) is 5.75 Å². The van der Waals surface area contributed by atoms with Crippen LogP contribution in [0, 0.1) is 5.82 Å². The maximum Gasteiger partial charge on any atom is 0.259 e. The zero-order valence-corrected chi connectivity index (χ0v) is 24.8. The molecule has 2 amide bonds. The number of carbonyl (C=O) groups is 2. The number of nitrogens with one attached hydrogen (secondary N) is 2. The molecule has 7 nitrogen and oxygen atoms in total. The molecule has 0 bridgehead atoms. The van der Waals surface area contributed by atoms with Gasteiger partial charge < -0.3 is 25.2 Å². The number of anilines is 3. The van der Waals surface area contributed by atoms with Gasteiger partial charge in [-0.2, -0.15) is 0 Å². The number of nitrogens with zero attached hydrogens (tertiary/aromatic N) is 2. The number of benzene rings is 3. The van der Waals surface area contributed by atoms with Gasteiger partial charge in [0.25, 0.3) is 11.8 Å². The highest BCUT2D eigenvalue weighted by molar-refractivity contribution is 6.42. The average Bonchev–Trinajstić information content (AvgIpc) is 3.48. The normalized spacial score (nSPS) is 16.1. The van der Waals surface area contributed by atoms with Crippen molar-refractivity contribution in [2.24, 2.45) is 0 Å². The lowest BCUT2D eigenvalue weighted by atomic mass is 10.1. The number of hydrogen-bond donors (Lipinski definition) is 2. The molecule has 5 rings (SSSR count). The van der Waals surface area contributed by atoms with Crippen LogP contribution in [0.25, 0.3) is 0 Å². The third-order valence-electron chi connectivity index (χ3n) is 7.36. The standard InChI is InChI=1S/C30H30Cl3FN4O3/c1-37-12-8-21(9-13-37)41-27-17-20(38-10-2-3-11-38)5-6-22(27)29(39)35-26-7-4-19(34)16-23(26)30(40)36-28-24(32)14-18(31)15-25(28)33/h4-7,14-17,21H,2-3,8-13H2,1H3,(H,35,39)(H,36,40). The lowest BCUT2D eigenvalue weighted by Gasteiger charge is -2.30. The van der Waals surface area contributed by atoms with Crippen molar-refractivity contribution < 1.29 is 18.7 Å². The van der Waals surface area contributed by atoms with Crippen LogP contribution in [0.4, 0.5) is 21.5 Å². The molecule has 3 aromatic carbocycles. The van der Waals surface area contributed by atoms with Crippen molar-refractivity contribution in [2.75, 3.05) is 48.8 Å². The predicted molar refractivity (Wildman–Crippen MR) is 163 cm³/mol. The summed E-state index contributed by atoms with van der Waals surface area (Å²) in [4.78, 5) is 31.4. The third-order valence-corrected chi connectivity index (χ3v) is 8.17. The third kappa shape index (κ3) is 7.07. The van der Waals surface area contributed by atoms with E-state index in [0.29, 0.717) is 16.3 Å². The van der Waals surface area contributed by atoms with Crippen LogP contribution < -0.4 is 20.3 Å². The number of carbonyl (C=O) groups excluding carboxylic acids is 2. The lowest BCUT2D eigenvalue weighted by molar-refractivity contribution is 0.0989. The van der Waals surface area contributed by atoms with Gasteiger partial charge in [0.05, 0.1) is 32.5 Å². The second-order valence-electron chi connectivity index (χ2n) is 10.3. The van der Waals surface area contributed by atoms with Crippen LogP contribution in [-0.4, -0.2) is 56.0 Å². The zero-order chi connectivity index (χ0) is 29.1. The number of rotatable bonds is 7. The molecule has 216 valence electrons. The first-order valence-electron chi connectivity index (χ1n) is 13.5. The first-order chi connectivity index (χ1) is 19.7. The molecule has 0 atom stereocenters. The van der Waals surface area contributed by atoms with E-state index < -0.39 is 17.6 Å². The van der Waals surface area contributed by atoms with Gasteiger partial charge in [0.2, 0.25) is 0 Å². The summed E-state index contributed by atoms with van der Waals surface area (Å²) in [6.45, 7) is 3.73. The number of ether oxygens (including phenoxy) is 1. The fourth-order valence-electron chi connectivity index (χ4n) is 5.10. The molecule has 0 aromatic heterocycles. The van der Waals surface area contributed by atoms with Gasteiger partial charge in [0, 0.05) is 43.0 Å². The monoisotopic (exact) mass is 618 g/mol. The van der Waals surface area contributed by atoms with Gasteiger partial charge in [-0.3, -0.25) is 9.59 Å². The molecule has 2 saturated heterocycles. The van der Waals surface area contributed by atoms with E-state index in [4.69, 9.17) is 39.5 Å². The molecule has 2 fully saturated rings. The lowest BCUT2D eigenvalue weighted by Crippen LogP contribution is -2.36. The number of amides is 2. The molecule has 0 spiro atoms. The van der Waals surface area contributed by atoms with Crippen molar-refractivity contribution in [1.82, 2.24) is 4.90 Å². The van der Waals surface area contributed by atoms with Crippen molar-refractivity contribution in [2.45, 2.75) is 31.8 Å². The molecule has 0 saturated carbocycles. The Labute approximate surface area is 253 Å². The van der Waals surface area contributed by atoms with Crippen LogP contribution in [0.1, 0.15) is 46.4 Å². The molecular formula is C30H30Cl3FN4O3. The zero-order valence-electron chi connectivity index (χ0n) is 22.5. The van der Waals surface area contributed by atoms with Gasteiger partial charge in [-0.25, -0.2) is 4.39 Å². The maximum atomic E-state index is 14.3. The maximum absolute atomic E-state index is 14.3.